The molecule has 0 aliphatic carbocycles. The summed E-state index contributed by atoms with van der Waals surface area (Å²) in [6.07, 6.45) is 3.30. The summed E-state index contributed by atoms with van der Waals surface area (Å²) < 4.78 is 6.34. The molecule has 4 atom stereocenters. The summed E-state index contributed by atoms with van der Waals surface area (Å²) in [7, 11) is 1.50. The van der Waals surface area contributed by atoms with Crippen molar-refractivity contribution in [2.45, 2.75) is 44.2 Å². The third-order valence-corrected chi connectivity index (χ3v) is 5.94. The Morgan fingerprint density at radius 2 is 2.20 bits per heavy atom. The molecule has 0 radical (unpaired) electrons. The average molecular weight is 385 g/mol. The molecule has 2 saturated heterocycles. The molecule has 0 aromatic heterocycles. The van der Waals surface area contributed by atoms with E-state index in [0.717, 1.165) is 12.8 Å². The second kappa shape index (κ2) is 5.64. The van der Waals surface area contributed by atoms with E-state index in [2.05, 4.69) is 53.0 Å². The Morgan fingerprint density at radius 3 is 2.90 bits per heavy atom. The Morgan fingerprint density at radius 1 is 1.40 bits per heavy atom. The number of nitrogens with one attached hydrogen (secondary N) is 1. The van der Waals surface area contributed by atoms with Crippen LogP contribution in [0.4, 0.5) is 0 Å². The maximum absolute atomic E-state index is 12.2. The standard InChI is InChI=1S/C16H20INO2/c1-9-3-4-10(7-13(9)17)12-8-11-5-6-14(18-11)15(12)16(19)20-2/h3-4,7,11-12,14-15,18H,5-6,8H2,1-2H3/t11-,12-,14?,15?/m1/s1. The van der Waals surface area contributed by atoms with Crippen LogP contribution in [-0.4, -0.2) is 25.2 Å². The first-order valence-corrected chi connectivity index (χ1v) is 8.28. The number of methoxy groups -OCH3 is 1. The number of aryl methyl sites for hydroxylation is 1. The number of rotatable bonds is 2. The summed E-state index contributed by atoms with van der Waals surface area (Å²) >= 11 is 2.37. The van der Waals surface area contributed by atoms with Crippen LogP contribution < -0.4 is 5.32 Å². The Labute approximate surface area is 133 Å². The zero-order valence-electron chi connectivity index (χ0n) is 11.9. The van der Waals surface area contributed by atoms with Crippen molar-refractivity contribution < 1.29 is 9.53 Å². The van der Waals surface area contributed by atoms with E-state index in [1.54, 1.807) is 0 Å². The number of ether oxygens (including phenoxy) is 1. The third-order valence-electron chi connectivity index (χ3n) is 4.78. The highest BCUT2D eigenvalue weighted by molar-refractivity contribution is 14.1. The highest BCUT2D eigenvalue weighted by Gasteiger charge is 2.46. The minimum atomic E-state index is -0.0663. The maximum Gasteiger partial charge on any atom is 0.310 e. The lowest BCUT2D eigenvalue weighted by Crippen LogP contribution is -2.48. The Kier molecular flexibility index (Phi) is 4.04. The summed E-state index contributed by atoms with van der Waals surface area (Å²) in [6, 6.07) is 7.43. The largest absolute Gasteiger partial charge is 0.469 e. The Hall–Kier alpha value is -0.620. The van der Waals surface area contributed by atoms with Crippen molar-refractivity contribution in [3.05, 3.63) is 32.9 Å². The molecule has 20 heavy (non-hydrogen) atoms. The molecule has 0 amide bonds. The fraction of sp³-hybridized carbons (Fsp3) is 0.562. The molecule has 2 aliphatic rings. The summed E-state index contributed by atoms with van der Waals surface area (Å²) in [5.41, 5.74) is 2.58. The monoisotopic (exact) mass is 385 g/mol. The lowest BCUT2D eigenvalue weighted by molar-refractivity contribution is -0.148. The van der Waals surface area contributed by atoms with E-state index in [0.29, 0.717) is 6.04 Å². The van der Waals surface area contributed by atoms with E-state index < -0.39 is 0 Å². The van der Waals surface area contributed by atoms with Crippen molar-refractivity contribution in [1.82, 2.24) is 5.32 Å². The van der Waals surface area contributed by atoms with Gasteiger partial charge in [-0.3, -0.25) is 4.79 Å². The third kappa shape index (κ3) is 2.48. The van der Waals surface area contributed by atoms with Crippen molar-refractivity contribution in [3.8, 4) is 0 Å². The predicted molar refractivity (Wildman–Crippen MR) is 86.7 cm³/mol. The van der Waals surface area contributed by atoms with Crippen LogP contribution in [0.3, 0.4) is 0 Å². The molecule has 2 bridgehead atoms. The summed E-state index contributed by atoms with van der Waals surface area (Å²) in [6.45, 7) is 2.12. The molecule has 1 aromatic rings. The number of carbonyl (C=O) groups is 1. The molecule has 2 aliphatic heterocycles. The number of carbonyl (C=O) groups excluding carboxylic acids is 1. The highest BCUT2D eigenvalue weighted by Crippen LogP contribution is 2.42. The number of fused-ring (bicyclic) bond motifs is 2. The van der Waals surface area contributed by atoms with Gasteiger partial charge < -0.3 is 10.1 Å². The second-order valence-electron chi connectivity index (χ2n) is 5.95. The van der Waals surface area contributed by atoms with Gasteiger partial charge in [-0.2, -0.15) is 0 Å². The van der Waals surface area contributed by atoms with E-state index in [1.165, 1.54) is 28.2 Å². The van der Waals surface area contributed by atoms with Crippen LogP contribution in [0.1, 0.15) is 36.3 Å². The Bertz CT molecular complexity index is 531. The van der Waals surface area contributed by atoms with Gasteiger partial charge in [-0.05, 0) is 66.0 Å². The van der Waals surface area contributed by atoms with Crippen molar-refractivity contribution >= 4 is 28.6 Å². The smallest absolute Gasteiger partial charge is 0.310 e. The number of halogens is 1. The van der Waals surface area contributed by atoms with Crippen molar-refractivity contribution in [2.75, 3.05) is 7.11 Å². The highest BCUT2D eigenvalue weighted by atomic mass is 127. The predicted octanol–water partition coefficient (Wildman–Crippen LogP) is 3.00. The lowest BCUT2D eigenvalue weighted by atomic mass is 9.77. The minimum absolute atomic E-state index is 0.0442. The summed E-state index contributed by atoms with van der Waals surface area (Å²) in [4.78, 5) is 12.2. The summed E-state index contributed by atoms with van der Waals surface area (Å²) in [5, 5.41) is 3.58. The normalized spacial score (nSPS) is 32.1. The van der Waals surface area contributed by atoms with Crippen LogP contribution in [0.25, 0.3) is 0 Å². The number of hydrogen-bond donors (Lipinski definition) is 1. The van der Waals surface area contributed by atoms with Gasteiger partial charge in [0.2, 0.25) is 0 Å². The fourth-order valence-corrected chi connectivity index (χ4v) is 4.24. The molecule has 0 saturated carbocycles. The average Bonchev–Trinajstić information content (AvgIpc) is 2.82. The van der Waals surface area contributed by atoms with Gasteiger partial charge in [0.25, 0.3) is 0 Å². The SMILES string of the molecule is COC(=O)C1C2CC[C@H](C[C@@H]1c1ccc(C)c(I)c1)N2. The van der Waals surface area contributed by atoms with Gasteiger partial charge in [-0.1, -0.05) is 12.1 Å². The van der Waals surface area contributed by atoms with Crippen molar-refractivity contribution in [2.24, 2.45) is 5.92 Å². The minimum Gasteiger partial charge on any atom is -0.469 e. The number of esters is 1. The molecular formula is C16H20INO2. The maximum atomic E-state index is 12.2. The first-order valence-electron chi connectivity index (χ1n) is 7.20. The molecule has 1 aromatic carbocycles. The molecule has 108 valence electrons. The van der Waals surface area contributed by atoms with Crippen molar-refractivity contribution in [3.63, 3.8) is 0 Å². The van der Waals surface area contributed by atoms with Crippen LogP contribution in [0.2, 0.25) is 0 Å². The van der Waals surface area contributed by atoms with Crippen LogP contribution >= 0.6 is 22.6 Å². The van der Waals surface area contributed by atoms with Crippen LogP contribution in [0.5, 0.6) is 0 Å². The van der Waals surface area contributed by atoms with E-state index >= 15 is 0 Å². The fourth-order valence-electron chi connectivity index (χ4n) is 3.70. The van der Waals surface area contributed by atoms with E-state index in [-0.39, 0.29) is 23.8 Å². The number of hydrogen-bond acceptors (Lipinski definition) is 3. The molecule has 3 nitrogen and oxygen atoms in total. The van der Waals surface area contributed by atoms with Crippen LogP contribution in [0.15, 0.2) is 18.2 Å². The van der Waals surface area contributed by atoms with Gasteiger partial charge in [0.05, 0.1) is 13.0 Å². The molecular weight excluding hydrogens is 365 g/mol. The lowest BCUT2D eigenvalue weighted by Gasteiger charge is -2.36. The van der Waals surface area contributed by atoms with Crippen LogP contribution in [-0.2, 0) is 9.53 Å². The molecule has 2 unspecified atom stereocenters. The van der Waals surface area contributed by atoms with Gasteiger partial charge in [0.1, 0.15) is 0 Å². The molecule has 2 heterocycles. The van der Waals surface area contributed by atoms with E-state index in [4.69, 9.17) is 4.74 Å². The van der Waals surface area contributed by atoms with Gasteiger partial charge in [-0.15, -0.1) is 0 Å². The van der Waals surface area contributed by atoms with E-state index in [1.807, 2.05) is 0 Å². The summed E-state index contributed by atoms with van der Waals surface area (Å²) in [5.74, 6) is 0.177. The number of piperidine rings is 1. The van der Waals surface area contributed by atoms with Gasteiger partial charge >= 0.3 is 5.97 Å². The molecule has 0 spiro atoms. The van der Waals surface area contributed by atoms with Gasteiger partial charge in [-0.25, -0.2) is 0 Å². The molecule has 1 N–H and O–H groups in total. The first-order chi connectivity index (χ1) is 9.60. The van der Waals surface area contributed by atoms with Crippen LogP contribution in [0, 0.1) is 16.4 Å². The van der Waals surface area contributed by atoms with Crippen molar-refractivity contribution in [1.29, 1.82) is 0 Å². The molecule has 4 heteroatoms. The zero-order chi connectivity index (χ0) is 14.3. The molecule has 2 fully saturated rings. The van der Waals surface area contributed by atoms with Gasteiger partial charge in [0.15, 0.2) is 0 Å². The first kappa shape index (κ1) is 14.3. The van der Waals surface area contributed by atoms with Gasteiger partial charge in [0, 0.05) is 21.6 Å². The zero-order valence-corrected chi connectivity index (χ0v) is 14.0. The Balaban J connectivity index is 1.96. The second-order valence-corrected chi connectivity index (χ2v) is 7.11. The number of benzene rings is 1. The molecule has 3 rings (SSSR count). The topological polar surface area (TPSA) is 38.3 Å². The quantitative estimate of drug-likeness (QED) is 0.629. The van der Waals surface area contributed by atoms with E-state index in [9.17, 15) is 4.79 Å².